The zero-order valence-electron chi connectivity index (χ0n) is 19.9. The van der Waals surface area contributed by atoms with Crippen molar-refractivity contribution in [3.05, 3.63) is 65.7 Å². The van der Waals surface area contributed by atoms with Crippen molar-refractivity contribution < 1.29 is 4.74 Å². The molecule has 3 aromatic rings. The largest absolute Gasteiger partial charge is 0.459 e. The molecule has 0 saturated heterocycles. The standard InChI is InChI=1S/C28H32BrN3O/c1-5-31(6-2)18-21-17-20-11-7-8-12-22(20)25-26(21)33-28(19-30-25)27(3,4)23-13-9-10-14-24(23)32(28)16-15-29/h7-14,17,19H,5-6,15-16,18H2,1-4H3. The van der Waals surface area contributed by atoms with Gasteiger partial charge in [0, 0.05) is 35.1 Å². The van der Waals surface area contributed by atoms with E-state index in [9.17, 15) is 0 Å². The maximum Gasteiger partial charge on any atom is 0.228 e. The van der Waals surface area contributed by atoms with Crippen LogP contribution in [0.1, 0.15) is 38.8 Å². The van der Waals surface area contributed by atoms with Gasteiger partial charge in [-0.05, 0) is 50.0 Å². The summed E-state index contributed by atoms with van der Waals surface area (Å²) in [5.74, 6) is 0.920. The molecular formula is C28H32BrN3O. The molecule has 0 aromatic heterocycles. The monoisotopic (exact) mass is 505 g/mol. The van der Waals surface area contributed by atoms with Crippen LogP contribution in [0.15, 0.2) is 59.6 Å². The van der Waals surface area contributed by atoms with Crippen LogP contribution in [-0.2, 0) is 12.0 Å². The molecule has 172 valence electrons. The van der Waals surface area contributed by atoms with Gasteiger partial charge in [0.15, 0.2) is 5.75 Å². The fraction of sp³-hybridized carbons (Fsp3) is 0.393. The van der Waals surface area contributed by atoms with Gasteiger partial charge >= 0.3 is 0 Å². The van der Waals surface area contributed by atoms with E-state index in [4.69, 9.17) is 9.73 Å². The lowest BCUT2D eigenvalue weighted by molar-refractivity contribution is 0.0769. The van der Waals surface area contributed by atoms with Crippen molar-refractivity contribution in [2.24, 2.45) is 4.99 Å². The Morgan fingerprint density at radius 3 is 2.52 bits per heavy atom. The molecule has 3 aromatic carbocycles. The van der Waals surface area contributed by atoms with Gasteiger partial charge in [-0.15, -0.1) is 0 Å². The lowest BCUT2D eigenvalue weighted by Gasteiger charge is -2.46. The van der Waals surface area contributed by atoms with Crippen molar-refractivity contribution in [2.45, 2.75) is 45.4 Å². The van der Waals surface area contributed by atoms with Crippen molar-refractivity contribution in [3.63, 3.8) is 0 Å². The van der Waals surface area contributed by atoms with E-state index in [0.29, 0.717) is 0 Å². The minimum atomic E-state index is -0.683. The van der Waals surface area contributed by atoms with Gasteiger partial charge in [0.25, 0.3) is 0 Å². The number of benzene rings is 3. The van der Waals surface area contributed by atoms with E-state index in [-0.39, 0.29) is 5.41 Å². The molecule has 33 heavy (non-hydrogen) atoms. The fourth-order valence-corrected chi connectivity index (χ4v) is 5.83. The minimum absolute atomic E-state index is 0.273. The van der Waals surface area contributed by atoms with E-state index >= 15 is 0 Å². The zero-order valence-corrected chi connectivity index (χ0v) is 21.5. The summed E-state index contributed by atoms with van der Waals surface area (Å²) in [4.78, 5) is 9.98. The summed E-state index contributed by atoms with van der Waals surface area (Å²) in [6, 6.07) is 19.5. The second kappa shape index (κ2) is 8.44. The lowest BCUT2D eigenvalue weighted by Crippen LogP contribution is -2.62. The Labute approximate surface area is 205 Å². The van der Waals surface area contributed by atoms with Crippen molar-refractivity contribution in [2.75, 3.05) is 29.9 Å². The number of aliphatic imine (C=N–C) groups is 1. The van der Waals surface area contributed by atoms with Gasteiger partial charge in [0.05, 0.1) is 11.6 Å². The predicted octanol–water partition coefficient (Wildman–Crippen LogP) is 6.67. The number of hydrogen-bond acceptors (Lipinski definition) is 4. The molecule has 1 atom stereocenters. The van der Waals surface area contributed by atoms with Gasteiger partial charge in [0.2, 0.25) is 5.72 Å². The Morgan fingerprint density at radius 1 is 1.03 bits per heavy atom. The third kappa shape index (κ3) is 3.31. The lowest BCUT2D eigenvalue weighted by atomic mass is 9.77. The summed E-state index contributed by atoms with van der Waals surface area (Å²) in [5.41, 5.74) is 3.72. The molecule has 5 rings (SSSR count). The molecular weight excluding hydrogens is 474 g/mol. The first-order chi connectivity index (χ1) is 16.0. The molecule has 0 bridgehead atoms. The van der Waals surface area contributed by atoms with Crippen LogP contribution in [0.2, 0.25) is 0 Å². The summed E-state index contributed by atoms with van der Waals surface area (Å²) in [6.07, 6.45) is 2.06. The normalized spacial score (nSPS) is 20.4. The highest BCUT2D eigenvalue weighted by Crippen LogP contribution is 2.55. The third-order valence-electron chi connectivity index (χ3n) is 7.44. The second-order valence-corrected chi connectivity index (χ2v) is 10.2. The third-order valence-corrected chi connectivity index (χ3v) is 7.79. The van der Waals surface area contributed by atoms with Crippen molar-refractivity contribution >= 4 is 44.3 Å². The number of para-hydroxylation sites is 1. The van der Waals surface area contributed by atoms with Gasteiger partial charge in [-0.1, -0.05) is 72.2 Å². The van der Waals surface area contributed by atoms with E-state index in [1.165, 1.54) is 22.2 Å². The molecule has 5 heteroatoms. The van der Waals surface area contributed by atoms with Crippen molar-refractivity contribution in [3.8, 4) is 5.75 Å². The Balaban J connectivity index is 1.72. The fourth-order valence-electron chi connectivity index (χ4n) is 5.48. The number of anilines is 1. The van der Waals surface area contributed by atoms with Crippen LogP contribution in [0.5, 0.6) is 5.75 Å². The van der Waals surface area contributed by atoms with Gasteiger partial charge in [-0.2, -0.15) is 0 Å². The molecule has 0 aliphatic carbocycles. The number of hydrogen-bond donors (Lipinski definition) is 0. The van der Waals surface area contributed by atoms with Crippen LogP contribution in [0, 0.1) is 0 Å². The highest BCUT2D eigenvalue weighted by molar-refractivity contribution is 9.09. The number of fused-ring (bicyclic) bond motifs is 4. The molecule has 2 aliphatic rings. The van der Waals surface area contributed by atoms with Crippen LogP contribution in [-0.4, -0.2) is 41.8 Å². The average Bonchev–Trinajstić information content (AvgIpc) is 3.01. The highest BCUT2D eigenvalue weighted by atomic mass is 79.9. The van der Waals surface area contributed by atoms with Crippen LogP contribution in [0.25, 0.3) is 10.8 Å². The quantitative estimate of drug-likeness (QED) is 0.350. The van der Waals surface area contributed by atoms with E-state index in [1.54, 1.807) is 0 Å². The summed E-state index contributed by atoms with van der Waals surface area (Å²) < 4.78 is 7.20. The average molecular weight is 506 g/mol. The van der Waals surface area contributed by atoms with Gasteiger partial charge in [-0.25, -0.2) is 0 Å². The number of ether oxygens (including phenoxy) is 1. The summed E-state index contributed by atoms with van der Waals surface area (Å²) >= 11 is 3.68. The molecule has 1 unspecified atom stereocenters. The van der Waals surface area contributed by atoms with Crippen LogP contribution in [0.4, 0.5) is 11.4 Å². The molecule has 0 amide bonds. The molecule has 0 fully saturated rings. The van der Waals surface area contributed by atoms with Crippen LogP contribution < -0.4 is 9.64 Å². The number of alkyl halides is 1. The Morgan fingerprint density at radius 2 is 1.76 bits per heavy atom. The summed E-state index contributed by atoms with van der Waals surface area (Å²) in [5, 5.41) is 3.21. The highest BCUT2D eigenvalue weighted by Gasteiger charge is 2.59. The molecule has 0 N–H and O–H groups in total. The molecule has 0 saturated carbocycles. The van der Waals surface area contributed by atoms with Gasteiger partial charge in [0.1, 0.15) is 5.69 Å². The molecule has 2 heterocycles. The summed E-state index contributed by atoms with van der Waals surface area (Å²) in [7, 11) is 0. The Hall–Kier alpha value is -2.37. The van der Waals surface area contributed by atoms with Crippen LogP contribution >= 0.6 is 15.9 Å². The SMILES string of the molecule is CCN(CC)Cc1cc2ccccc2c2c1OC1(C=N2)N(CCBr)c2ccccc2C1(C)C. The predicted molar refractivity (Wildman–Crippen MR) is 143 cm³/mol. The molecule has 0 radical (unpaired) electrons. The van der Waals surface area contributed by atoms with E-state index in [2.05, 4.69) is 114 Å². The van der Waals surface area contributed by atoms with Crippen molar-refractivity contribution in [1.29, 1.82) is 0 Å². The van der Waals surface area contributed by atoms with E-state index in [0.717, 1.165) is 48.3 Å². The van der Waals surface area contributed by atoms with Crippen molar-refractivity contribution in [1.82, 2.24) is 4.90 Å². The number of halogens is 1. The topological polar surface area (TPSA) is 28.1 Å². The smallest absolute Gasteiger partial charge is 0.228 e. The van der Waals surface area contributed by atoms with E-state index < -0.39 is 5.72 Å². The zero-order chi connectivity index (χ0) is 23.2. The van der Waals surface area contributed by atoms with Gasteiger partial charge in [-0.3, -0.25) is 9.89 Å². The van der Waals surface area contributed by atoms with Crippen LogP contribution in [0.3, 0.4) is 0 Å². The summed E-state index contributed by atoms with van der Waals surface area (Å²) in [6.45, 7) is 12.7. The van der Waals surface area contributed by atoms with Gasteiger partial charge < -0.3 is 9.64 Å². The first-order valence-corrected chi connectivity index (χ1v) is 13.0. The maximum absolute atomic E-state index is 7.20. The first-order valence-electron chi connectivity index (χ1n) is 11.9. The first kappa shape index (κ1) is 22.4. The number of rotatable bonds is 6. The Bertz CT molecular complexity index is 1220. The molecule has 2 aliphatic heterocycles. The maximum atomic E-state index is 7.20. The number of nitrogens with zero attached hydrogens (tertiary/aromatic N) is 3. The second-order valence-electron chi connectivity index (χ2n) is 9.44. The minimum Gasteiger partial charge on any atom is -0.459 e. The van der Waals surface area contributed by atoms with E-state index in [1.807, 2.05) is 0 Å². The molecule has 4 nitrogen and oxygen atoms in total. The Kier molecular flexibility index (Phi) is 5.74. The molecule has 1 spiro atoms.